The Morgan fingerprint density at radius 1 is 0.625 bits per heavy atom. The first-order valence-electron chi connectivity index (χ1n) is 3.60. The van der Waals surface area contributed by atoms with Crippen molar-refractivity contribution in [2.24, 2.45) is 0 Å². The van der Waals surface area contributed by atoms with Crippen LogP contribution in [0, 0.1) is 0 Å². The van der Waals surface area contributed by atoms with Crippen molar-refractivity contribution in [3.63, 3.8) is 0 Å². The van der Waals surface area contributed by atoms with Crippen molar-refractivity contribution in [3.05, 3.63) is 0 Å². The maximum Gasteiger partial charge on any atom is 4.00 e. The molecule has 0 bridgehead atoms. The number of halogens is 5. The molecule has 10 heteroatoms. The molecule has 0 heterocycles. The molecule has 0 rings (SSSR count). The van der Waals surface area contributed by atoms with Crippen LogP contribution in [-0.2, 0) is 50.7 Å². The summed E-state index contributed by atoms with van der Waals surface area (Å²) in [7, 11) is 0. The Kier molecular flexibility index (Phi) is 96.5. The summed E-state index contributed by atoms with van der Waals surface area (Å²) in [5, 5.41) is 0. The zero-order valence-electron chi connectivity index (χ0n) is 9.24. The van der Waals surface area contributed by atoms with Crippen LogP contribution in [0.1, 0.15) is 20.8 Å². The van der Waals surface area contributed by atoms with Crippen LogP contribution < -0.4 is 62.0 Å². The molecule has 3 nitrogen and oxygen atoms in total. The van der Waals surface area contributed by atoms with Crippen molar-refractivity contribution in [2.45, 2.75) is 20.8 Å². The maximum absolute atomic E-state index is 5.24. The molecule has 0 fully saturated rings. The molecule has 0 saturated heterocycles. The van der Waals surface area contributed by atoms with E-state index in [0.717, 1.165) is 0 Å². The van der Waals surface area contributed by atoms with Crippen LogP contribution in [0.3, 0.4) is 0 Å². The van der Waals surface area contributed by atoms with Gasteiger partial charge < -0.3 is 62.0 Å². The molecule has 0 aliphatic carbocycles. The molecule has 0 aromatic rings. The van der Waals surface area contributed by atoms with Crippen molar-refractivity contribution in [1.29, 1.82) is 0 Å². The first-order chi connectivity index (χ1) is 4.85. The maximum atomic E-state index is 5.24. The van der Waals surface area contributed by atoms with Gasteiger partial charge in [0.15, 0.2) is 0 Å². The van der Waals surface area contributed by atoms with E-state index >= 15 is 0 Å². The standard InChI is InChI=1S/3C2H5O.5ClH.2Ti/c3*1-2-3;;;;;;;/h3*2H2,1H3;5*1H;;/q3*-1;;;;;;2*+4/p-5. The number of hydrogen-bond donors (Lipinski definition) is 0. The summed E-state index contributed by atoms with van der Waals surface area (Å²) >= 11 is -1.99. The van der Waals surface area contributed by atoms with Crippen molar-refractivity contribution in [1.82, 2.24) is 0 Å². The van der Waals surface area contributed by atoms with Crippen molar-refractivity contribution in [2.75, 3.05) is 19.8 Å². The Morgan fingerprint density at radius 3 is 0.938 bits per heavy atom. The molecule has 0 spiro atoms. The van der Waals surface area contributed by atoms with E-state index in [9.17, 15) is 0 Å². The molecule has 16 heavy (non-hydrogen) atoms. The van der Waals surface area contributed by atoms with Crippen LogP contribution in [0.15, 0.2) is 0 Å². The molecule has 0 radical (unpaired) electrons. The number of rotatable bonds is 6. The number of hydrogen-bond acceptors (Lipinski definition) is 3. The normalized spacial score (nSPS) is 6.19. The van der Waals surface area contributed by atoms with Gasteiger partial charge in [-0.05, 0) is 0 Å². The minimum absolute atomic E-state index is 0. The summed E-state index contributed by atoms with van der Waals surface area (Å²) in [5.74, 6) is 0. The fourth-order valence-electron chi connectivity index (χ4n) is 0.479. The predicted octanol–water partition coefficient (Wildman–Crippen LogP) is -13.5. The molecule has 0 N–H and O–H groups in total. The summed E-state index contributed by atoms with van der Waals surface area (Å²) in [6, 6.07) is 0. The Labute approximate surface area is 152 Å². The molecule has 0 atom stereocenters. The average molecular weight is 408 g/mol. The van der Waals surface area contributed by atoms with E-state index in [1.54, 1.807) is 0 Å². The zero-order valence-corrected chi connectivity index (χ0v) is 16.1. The second kappa shape index (κ2) is 36.1. The molecule has 0 aliphatic rings. The van der Waals surface area contributed by atoms with Gasteiger partial charge in [0.05, 0.1) is 0 Å². The molecule has 0 amide bonds. The molecule has 0 aromatic heterocycles. The fourth-order valence-corrected chi connectivity index (χ4v) is 1.97. The summed E-state index contributed by atoms with van der Waals surface area (Å²) < 4.78 is 15.7. The molecule has 100 valence electrons. The SMILES string of the molecule is CC[O][Ti+]([O]CC)[O]CC.[Cl-].[Cl-].[Cl-].[Cl-].[Cl-].[Ti+4]. The van der Waals surface area contributed by atoms with Gasteiger partial charge in [-0.25, -0.2) is 0 Å². The third-order valence-electron chi connectivity index (χ3n) is 0.787. The molecule has 0 saturated carbocycles. The first kappa shape index (κ1) is 42.8. The monoisotopic (exact) mass is 406 g/mol. The quantitative estimate of drug-likeness (QED) is 0.409. The summed E-state index contributed by atoms with van der Waals surface area (Å²) in [6.07, 6.45) is 0. The van der Waals surface area contributed by atoms with E-state index < -0.39 is 19.0 Å². The van der Waals surface area contributed by atoms with Crippen molar-refractivity contribution in [3.8, 4) is 0 Å². The van der Waals surface area contributed by atoms with Gasteiger partial charge in [0.25, 0.3) is 0 Å². The van der Waals surface area contributed by atoms with E-state index in [0.29, 0.717) is 19.8 Å². The minimum atomic E-state index is -1.99. The Hall–Kier alpha value is 2.76. The minimum Gasteiger partial charge on any atom is -1.00 e. The zero-order chi connectivity index (χ0) is 7.82. The summed E-state index contributed by atoms with van der Waals surface area (Å²) in [5.41, 5.74) is 0. The molecular formula is C6H15Cl5O3Ti2. The van der Waals surface area contributed by atoms with E-state index in [1.807, 2.05) is 20.8 Å². The van der Waals surface area contributed by atoms with Gasteiger partial charge in [0.1, 0.15) is 0 Å². The van der Waals surface area contributed by atoms with Gasteiger partial charge in [-0.2, -0.15) is 0 Å². The van der Waals surface area contributed by atoms with Crippen LogP contribution in [-0.4, -0.2) is 19.8 Å². The van der Waals surface area contributed by atoms with E-state index in [4.69, 9.17) is 9.96 Å². The fraction of sp³-hybridized carbons (Fsp3) is 1.00. The topological polar surface area (TPSA) is 27.7 Å². The molecule has 0 aliphatic heterocycles. The van der Waals surface area contributed by atoms with Crippen LogP contribution in [0.25, 0.3) is 0 Å². The second-order valence-corrected chi connectivity index (χ2v) is 3.68. The van der Waals surface area contributed by atoms with Crippen LogP contribution in [0.2, 0.25) is 0 Å². The largest absolute Gasteiger partial charge is 4.00 e. The van der Waals surface area contributed by atoms with Crippen molar-refractivity contribution < 1.29 is 113 Å². The third kappa shape index (κ3) is 30.1. The molecule has 0 aromatic carbocycles. The Bertz CT molecular complexity index is 72.9. The molecule has 0 unspecified atom stereocenters. The van der Waals surface area contributed by atoms with Crippen molar-refractivity contribution >= 4 is 0 Å². The summed E-state index contributed by atoms with van der Waals surface area (Å²) in [6.45, 7) is 7.92. The van der Waals surface area contributed by atoms with Gasteiger partial charge in [-0.3, -0.25) is 0 Å². The van der Waals surface area contributed by atoms with Crippen LogP contribution >= 0.6 is 0 Å². The van der Waals surface area contributed by atoms with Gasteiger partial charge in [-0.15, -0.1) is 0 Å². The van der Waals surface area contributed by atoms with Gasteiger partial charge in [0.2, 0.25) is 0 Å². The second-order valence-electron chi connectivity index (χ2n) is 1.55. The van der Waals surface area contributed by atoms with Gasteiger partial charge in [-0.1, -0.05) is 0 Å². The van der Waals surface area contributed by atoms with E-state index in [-0.39, 0.29) is 83.8 Å². The Balaban J connectivity index is -0.0000000270. The van der Waals surface area contributed by atoms with E-state index in [1.165, 1.54) is 0 Å². The summed E-state index contributed by atoms with van der Waals surface area (Å²) in [4.78, 5) is 0. The van der Waals surface area contributed by atoms with Crippen LogP contribution in [0.4, 0.5) is 0 Å². The van der Waals surface area contributed by atoms with Gasteiger partial charge in [0, 0.05) is 0 Å². The average Bonchev–Trinajstić information content (AvgIpc) is 1.90. The Morgan fingerprint density at radius 2 is 0.812 bits per heavy atom. The van der Waals surface area contributed by atoms with Gasteiger partial charge >= 0.3 is 91.3 Å². The third-order valence-corrected chi connectivity index (χ3v) is 3.24. The van der Waals surface area contributed by atoms with E-state index in [2.05, 4.69) is 0 Å². The predicted molar refractivity (Wildman–Crippen MR) is 34.9 cm³/mol. The molecular weight excluding hydrogens is 393 g/mol. The first-order valence-corrected chi connectivity index (χ1v) is 5.51. The smallest absolute Gasteiger partial charge is 1.00 e. The van der Waals surface area contributed by atoms with Crippen LogP contribution in [0.5, 0.6) is 0 Å².